The van der Waals surface area contributed by atoms with Gasteiger partial charge in [-0.15, -0.1) is 0 Å². The Morgan fingerprint density at radius 2 is 1.85 bits per heavy atom. The summed E-state index contributed by atoms with van der Waals surface area (Å²) < 4.78 is 5.63. The SMILES string of the molecule is CC(=O)C1=C(O)C=C2Oc3c(C(=O)CBr)c(O)c(C)c(O)c3C2(C)C1=O. The van der Waals surface area contributed by atoms with Gasteiger partial charge in [0.05, 0.1) is 10.9 Å². The molecule has 1 unspecified atom stereocenters. The maximum Gasteiger partial charge on any atom is 0.188 e. The van der Waals surface area contributed by atoms with Crippen molar-refractivity contribution in [3.8, 4) is 17.2 Å². The first-order valence-electron chi connectivity index (χ1n) is 7.64. The van der Waals surface area contributed by atoms with Gasteiger partial charge in [-0.3, -0.25) is 14.4 Å². The zero-order valence-electron chi connectivity index (χ0n) is 14.1. The molecule has 1 aliphatic carbocycles. The molecule has 7 nitrogen and oxygen atoms in total. The van der Waals surface area contributed by atoms with E-state index in [1.165, 1.54) is 13.8 Å². The third-order valence-corrected chi connectivity index (χ3v) is 5.31. The summed E-state index contributed by atoms with van der Waals surface area (Å²) in [5.74, 6) is -3.51. The van der Waals surface area contributed by atoms with E-state index in [1.54, 1.807) is 0 Å². The molecule has 1 atom stereocenters. The van der Waals surface area contributed by atoms with Gasteiger partial charge in [0.25, 0.3) is 0 Å². The number of aliphatic hydroxyl groups excluding tert-OH is 1. The van der Waals surface area contributed by atoms with Gasteiger partial charge in [-0.2, -0.15) is 0 Å². The Balaban J connectivity index is 2.40. The number of benzene rings is 1. The number of phenolic OH excluding ortho intramolecular Hbond substituents is 2. The maximum atomic E-state index is 13.0. The van der Waals surface area contributed by atoms with Crippen molar-refractivity contribution in [2.45, 2.75) is 26.2 Å². The van der Waals surface area contributed by atoms with E-state index >= 15 is 0 Å². The van der Waals surface area contributed by atoms with Crippen LogP contribution >= 0.6 is 15.9 Å². The molecule has 0 bridgehead atoms. The molecule has 3 rings (SSSR count). The number of rotatable bonds is 3. The molecule has 0 saturated heterocycles. The third kappa shape index (κ3) is 2.08. The van der Waals surface area contributed by atoms with Crippen LogP contribution in [0.2, 0.25) is 0 Å². The van der Waals surface area contributed by atoms with Gasteiger partial charge >= 0.3 is 0 Å². The second-order valence-electron chi connectivity index (χ2n) is 6.34. The van der Waals surface area contributed by atoms with Crippen molar-refractivity contribution in [3.05, 3.63) is 39.9 Å². The number of aliphatic hydroxyl groups is 1. The summed E-state index contributed by atoms with van der Waals surface area (Å²) in [6.45, 7) is 3.97. The Morgan fingerprint density at radius 1 is 1.23 bits per heavy atom. The molecular formula is C18H15BrO7. The number of hydrogen-bond donors (Lipinski definition) is 3. The quantitative estimate of drug-likeness (QED) is 0.388. The molecule has 0 amide bonds. The highest BCUT2D eigenvalue weighted by molar-refractivity contribution is 9.09. The molecule has 0 fully saturated rings. The number of alkyl halides is 1. The van der Waals surface area contributed by atoms with Crippen molar-refractivity contribution in [1.29, 1.82) is 0 Å². The Morgan fingerprint density at radius 3 is 2.38 bits per heavy atom. The van der Waals surface area contributed by atoms with Gasteiger partial charge in [-0.05, 0) is 20.8 Å². The monoisotopic (exact) mass is 422 g/mol. The number of fused-ring (bicyclic) bond motifs is 3. The van der Waals surface area contributed by atoms with E-state index < -0.39 is 45.6 Å². The molecule has 0 saturated carbocycles. The molecule has 2 aliphatic rings. The Labute approximate surface area is 156 Å². The number of ether oxygens (including phenoxy) is 1. The van der Waals surface area contributed by atoms with Gasteiger partial charge in [0.1, 0.15) is 45.3 Å². The molecule has 0 radical (unpaired) electrons. The molecule has 3 N–H and O–H groups in total. The fourth-order valence-corrected chi connectivity index (χ4v) is 3.64. The number of carbonyl (C=O) groups is 3. The number of carbonyl (C=O) groups excluding carboxylic acids is 3. The van der Waals surface area contributed by atoms with Crippen LogP contribution in [0.15, 0.2) is 23.2 Å². The predicted molar refractivity (Wildman–Crippen MR) is 94.0 cm³/mol. The molecule has 1 aliphatic heterocycles. The number of ketones is 3. The van der Waals surface area contributed by atoms with E-state index in [9.17, 15) is 29.7 Å². The number of halogens is 1. The number of aromatic hydroxyl groups is 2. The standard InChI is InChI=1S/C18H15BrO7/c1-6-14(23)12(9(22)5-19)16-13(15(6)24)18(3)10(26-16)4-8(21)11(7(2)20)17(18)25/h4,21,23-24H,5H2,1-3H3. The van der Waals surface area contributed by atoms with Crippen molar-refractivity contribution in [1.82, 2.24) is 0 Å². The van der Waals surface area contributed by atoms with Crippen LogP contribution in [0.25, 0.3) is 0 Å². The average molecular weight is 423 g/mol. The minimum atomic E-state index is -1.60. The van der Waals surface area contributed by atoms with Crippen molar-refractivity contribution < 1.29 is 34.4 Å². The highest BCUT2D eigenvalue weighted by Crippen LogP contribution is 2.57. The van der Waals surface area contributed by atoms with Gasteiger partial charge in [0.15, 0.2) is 17.3 Å². The number of phenols is 2. The first-order chi connectivity index (χ1) is 12.1. The summed E-state index contributed by atoms with van der Waals surface area (Å²) in [4.78, 5) is 37.1. The fourth-order valence-electron chi connectivity index (χ4n) is 3.36. The van der Waals surface area contributed by atoms with Crippen molar-refractivity contribution >= 4 is 33.3 Å². The third-order valence-electron chi connectivity index (χ3n) is 4.80. The summed E-state index contributed by atoms with van der Waals surface area (Å²) in [7, 11) is 0. The summed E-state index contributed by atoms with van der Waals surface area (Å²) in [5.41, 5.74) is -2.20. The van der Waals surface area contributed by atoms with Crippen LogP contribution in [0, 0.1) is 6.92 Å². The second kappa shape index (κ2) is 5.70. The smallest absolute Gasteiger partial charge is 0.188 e. The molecule has 0 aromatic heterocycles. The molecule has 0 spiro atoms. The first-order valence-corrected chi connectivity index (χ1v) is 8.76. The number of hydrogen-bond acceptors (Lipinski definition) is 7. The number of Topliss-reactive ketones (excluding diaryl/α,β-unsaturated/α-hetero) is 3. The summed E-state index contributed by atoms with van der Waals surface area (Å²) >= 11 is 3.02. The largest absolute Gasteiger partial charge is 0.507 e. The van der Waals surface area contributed by atoms with Gasteiger partial charge in [0, 0.05) is 11.6 Å². The topological polar surface area (TPSA) is 121 Å². The summed E-state index contributed by atoms with van der Waals surface area (Å²) in [6.07, 6.45) is 1.12. The second-order valence-corrected chi connectivity index (χ2v) is 6.90. The molecule has 1 heterocycles. The van der Waals surface area contributed by atoms with Crippen LogP contribution in [-0.2, 0) is 15.0 Å². The zero-order valence-corrected chi connectivity index (χ0v) is 15.7. The van der Waals surface area contributed by atoms with E-state index in [1.807, 2.05) is 0 Å². The van der Waals surface area contributed by atoms with E-state index in [0.29, 0.717) is 0 Å². The van der Waals surface area contributed by atoms with Crippen LogP contribution in [0.4, 0.5) is 0 Å². The average Bonchev–Trinajstić information content (AvgIpc) is 2.86. The van der Waals surface area contributed by atoms with E-state index in [0.717, 1.165) is 13.0 Å². The van der Waals surface area contributed by atoms with Crippen LogP contribution in [0.3, 0.4) is 0 Å². The Hall–Kier alpha value is -2.61. The van der Waals surface area contributed by atoms with Crippen molar-refractivity contribution in [2.75, 3.05) is 5.33 Å². The van der Waals surface area contributed by atoms with Gasteiger partial charge in [0.2, 0.25) is 0 Å². The van der Waals surface area contributed by atoms with Crippen molar-refractivity contribution in [2.24, 2.45) is 0 Å². The van der Waals surface area contributed by atoms with E-state index in [-0.39, 0.29) is 33.5 Å². The number of allylic oxidation sites excluding steroid dienone is 3. The van der Waals surface area contributed by atoms with Gasteiger partial charge < -0.3 is 20.1 Å². The van der Waals surface area contributed by atoms with Gasteiger partial charge in [-0.1, -0.05) is 15.9 Å². The van der Waals surface area contributed by atoms with Crippen molar-refractivity contribution in [3.63, 3.8) is 0 Å². The van der Waals surface area contributed by atoms with Crippen LogP contribution in [-0.4, -0.2) is 38.0 Å². The van der Waals surface area contributed by atoms with Crippen LogP contribution < -0.4 is 4.74 Å². The highest BCUT2D eigenvalue weighted by atomic mass is 79.9. The molecule has 1 aromatic carbocycles. The van der Waals surface area contributed by atoms with Crippen LogP contribution in [0.1, 0.15) is 35.3 Å². The highest BCUT2D eigenvalue weighted by Gasteiger charge is 2.55. The normalized spacial score (nSPS) is 21.1. The minimum Gasteiger partial charge on any atom is -0.507 e. The molecule has 8 heteroatoms. The predicted octanol–water partition coefficient (Wildman–Crippen LogP) is 2.50. The molecule has 136 valence electrons. The lowest BCUT2D eigenvalue weighted by molar-refractivity contribution is -0.123. The Bertz CT molecular complexity index is 970. The lowest BCUT2D eigenvalue weighted by Crippen LogP contribution is -2.38. The molecular weight excluding hydrogens is 408 g/mol. The lowest BCUT2D eigenvalue weighted by atomic mass is 9.71. The Kier molecular flexibility index (Phi) is 3.99. The summed E-state index contributed by atoms with van der Waals surface area (Å²) in [6, 6.07) is 0. The van der Waals surface area contributed by atoms with E-state index in [2.05, 4.69) is 15.9 Å². The molecule has 1 aromatic rings. The van der Waals surface area contributed by atoms with E-state index in [4.69, 9.17) is 4.74 Å². The van der Waals surface area contributed by atoms with Gasteiger partial charge in [-0.25, -0.2) is 0 Å². The maximum absolute atomic E-state index is 13.0. The molecule has 26 heavy (non-hydrogen) atoms. The minimum absolute atomic E-state index is 0.00933. The summed E-state index contributed by atoms with van der Waals surface area (Å²) in [5, 5.41) is 30.8. The lowest BCUT2D eigenvalue weighted by Gasteiger charge is -2.28. The zero-order chi connectivity index (χ0) is 19.5. The fraction of sp³-hybridized carbons (Fsp3) is 0.278. The van der Waals surface area contributed by atoms with Crippen LogP contribution in [0.5, 0.6) is 17.2 Å². The first kappa shape index (κ1) is 18.2.